The Hall–Kier alpha value is -3.20. The summed E-state index contributed by atoms with van der Waals surface area (Å²) in [5, 5.41) is 26.5. The van der Waals surface area contributed by atoms with Gasteiger partial charge in [0.2, 0.25) is 5.75 Å². The summed E-state index contributed by atoms with van der Waals surface area (Å²) < 4.78 is 5.86. The SMILES string of the molecule is COc1cc(/C=C2\C(=O)N(c3ccc(Br)cc3)N=C2C)cc([N+](=O)[O-])c1O. The molecular formula is C18H14BrN3O5. The van der Waals surface area contributed by atoms with Crippen LogP contribution in [-0.4, -0.2) is 28.8 Å². The number of benzene rings is 2. The highest BCUT2D eigenvalue weighted by atomic mass is 79.9. The Kier molecular flexibility index (Phi) is 4.95. The number of rotatable bonds is 4. The van der Waals surface area contributed by atoms with E-state index >= 15 is 0 Å². The fraction of sp³-hybridized carbons (Fsp3) is 0.111. The van der Waals surface area contributed by atoms with Gasteiger partial charge in [-0.3, -0.25) is 14.9 Å². The standard InChI is InChI=1S/C18H14BrN3O5/c1-10-14(18(24)21(20-10)13-5-3-12(19)4-6-13)7-11-8-15(22(25)26)17(23)16(9-11)27-2/h3-9,23H,1-2H3/b14-7-. The average molecular weight is 432 g/mol. The van der Waals surface area contributed by atoms with E-state index in [1.807, 2.05) is 0 Å². The number of phenols is 1. The van der Waals surface area contributed by atoms with Gasteiger partial charge in [0.25, 0.3) is 5.91 Å². The van der Waals surface area contributed by atoms with Gasteiger partial charge in [0.15, 0.2) is 5.75 Å². The van der Waals surface area contributed by atoms with Crippen LogP contribution < -0.4 is 9.75 Å². The van der Waals surface area contributed by atoms with Crippen LogP contribution in [0.5, 0.6) is 11.5 Å². The molecule has 8 nitrogen and oxygen atoms in total. The van der Waals surface area contributed by atoms with Gasteiger partial charge in [0.1, 0.15) is 0 Å². The third-order valence-electron chi connectivity index (χ3n) is 3.94. The zero-order chi connectivity index (χ0) is 19.7. The van der Waals surface area contributed by atoms with Gasteiger partial charge in [-0.15, -0.1) is 0 Å². The van der Waals surface area contributed by atoms with E-state index in [0.717, 1.165) is 4.47 Å². The highest BCUT2D eigenvalue weighted by Gasteiger charge is 2.29. The molecule has 0 radical (unpaired) electrons. The normalized spacial score (nSPS) is 15.2. The lowest BCUT2D eigenvalue weighted by Gasteiger charge is -2.11. The zero-order valence-electron chi connectivity index (χ0n) is 14.3. The Labute approximate surface area is 162 Å². The van der Waals surface area contributed by atoms with Crippen molar-refractivity contribution in [3.63, 3.8) is 0 Å². The maximum absolute atomic E-state index is 12.8. The predicted octanol–water partition coefficient (Wildman–Crippen LogP) is 3.88. The maximum atomic E-state index is 12.8. The van der Waals surface area contributed by atoms with E-state index in [2.05, 4.69) is 21.0 Å². The van der Waals surface area contributed by atoms with Crippen LogP contribution in [0.25, 0.3) is 6.08 Å². The molecule has 0 spiro atoms. The Balaban J connectivity index is 2.02. The minimum absolute atomic E-state index is 0.0548. The lowest BCUT2D eigenvalue weighted by molar-refractivity contribution is -0.386. The van der Waals surface area contributed by atoms with E-state index in [9.17, 15) is 20.0 Å². The number of amides is 1. The quantitative estimate of drug-likeness (QED) is 0.449. The van der Waals surface area contributed by atoms with Gasteiger partial charge in [-0.25, -0.2) is 0 Å². The number of halogens is 1. The molecule has 0 aliphatic carbocycles. The molecule has 0 atom stereocenters. The Bertz CT molecular complexity index is 999. The van der Waals surface area contributed by atoms with Crippen LogP contribution in [0.2, 0.25) is 0 Å². The van der Waals surface area contributed by atoms with Crippen molar-refractivity contribution in [2.24, 2.45) is 5.10 Å². The molecule has 3 rings (SSSR count). The molecule has 1 aliphatic heterocycles. The highest BCUT2D eigenvalue weighted by molar-refractivity contribution is 9.10. The lowest BCUT2D eigenvalue weighted by Crippen LogP contribution is -2.21. The Morgan fingerprint density at radius 2 is 1.96 bits per heavy atom. The molecule has 2 aromatic rings. The smallest absolute Gasteiger partial charge is 0.315 e. The summed E-state index contributed by atoms with van der Waals surface area (Å²) in [6, 6.07) is 9.67. The van der Waals surface area contributed by atoms with E-state index in [0.29, 0.717) is 22.5 Å². The zero-order valence-corrected chi connectivity index (χ0v) is 15.9. The van der Waals surface area contributed by atoms with Crippen LogP contribution in [-0.2, 0) is 4.79 Å². The molecule has 138 valence electrons. The summed E-state index contributed by atoms with van der Waals surface area (Å²) in [7, 11) is 1.29. The minimum Gasteiger partial charge on any atom is -0.500 e. The number of hydrazone groups is 1. The van der Waals surface area contributed by atoms with Crippen molar-refractivity contribution in [3.8, 4) is 11.5 Å². The molecule has 0 unspecified atom stereocenters. The van der Waals surface area contributed by atoms with Crippen LogP contribution in [0, 0.1) is 10.1 Å². The fourth-order valence-electron chi connectivity index (χ4n) is 2.60. The number of carbonyl (C=O) groups excluding carboxylic acids is 1. The molecule has 0 aromatic heterocycles. The topological polar surface area (TPSA) is 105 Å². The van der Waals surface area contributed by atoms with Gasteiger partial charge in [0.05, 0.1) is 29.0 Å². The van der Waals surface area contributed by atoms with Crippen molar-refractivity contribution in [1.82, 2.24) is 0 Å². The number of anilines is 1. The van der Waals surface area contributed by atoms with Crippen molar-refractivity contribution in [2.75, 3.05) is 12.1 Å². The molecule has 1 aliphatic rings. The number of methoxy groups -OCH3 is 1. The summed E-state index contributed by atoms with van der Waals surface area (Å²) in [6.45, 7) is 1.68. The van der Waals surface area contributed by atoms with Crippen molar-refractivity contribution in [1.29, 1.82) is 0 Å². The Morgan fingerprint density at radius 3 is 2.56 bits per heavy atom. The van der Waals surface area contributed by atoms with Crippen LogP contribution in [0.4, 0.5) is 11.4 Å². The number of phenolic OH excluding ortho intramolecular Hbond substituents is 1. The first-order valence-electron chi connectivity index (χ1n) is 7.74. The molecule has 27 heavy (non-hydrogen) atoms. The summed E-state index contributed by atoms with van der Waals surface area (Å²) in [5.74, 6) is -0.977. The minimum atomic E-state index is -0.717. The van der Waals surface area contributed by atoms with Crippen molar-refractivity contribution < 1.29 is 19.6 Å². The fourth-order valence-corrected chi connectivity index (χ4v) is 2.86. The third-order valence-corrected chi connectivity index (χ3v) is 4.47. The first-order valence-corrected chi connectivity index (χ1v) is 8.54. The maximum Gasteiger partial charge on any atom is 0.315 e. The summed E-state index contributed by atoms with van der Waals surface area (Å²) in [5.41, 5.74) is 1.19. The third kappa shape index (κ3) is 3.54. The summed E-state index contributed by atoms with van der Waals surface area (Å²) in [4.78, 5) is 23.2. The van der Waals surface area contributed by atoms with Gasteiger partial charge in [-0.05, 0) is 48.9 Å². The van der Waals surface area contributed by atoms with Gasteiger partial charge in [-0.2, -0.15) is 10.1 Å². The molecule has 0 saturated carbocycles. The number of hydrogen-bond acceptors (Lipinski definition) is 6. The predicted molar refractivity (Wildman–Crippen MR) is 104 cm³/mol. The number of ether oxygens (including phenoxy) is 1. The molecule has 1 amide bonds. The largest absolute Gasteiger partial charge is 0.500 e. The summed E-state index contributed by atoms with van der Waals surface area (Å²) in [6.07, 6.45) is 1.48. The molecule has 2 aromatic carbocycles. The highest BCUT2D eigenvalue weighted by Crippen LogP contribution is 2.38. The van der Waals surface area contributed by atoms with E-state index in [1.54, 1.807) is 31.2 Å². The number of nitro groups is 1. The number of nitrogens with zero attached hydrogens (tertiary/aromatic N) is 3. The van der Waals surface area contributed by atoms with E-state index in [1.165, 1.54) is 30.3 Å². The van der Waals surface area contributed by atoms with Crippen LogP contribution in [0.3, 0.4) is 0 Å². The second-order valence-electron chi connectivity index (χ2n) is 5.68. The van der Waals surface area contributed by atoms with Crippen LogP contribution >= 0.6 is 15.9 Å². The van der Waals surface area contributed by atoms with Gasteiger partial charge < -0.3 is 9.84 Å². The monoisotopic (exact) mass is 431 g/mol. The van der Waals surface area contributed by atoms with Gasteiger partial charge >= 0.3 is 5.69 Å². The molecule has 1 N–H and O–H groups in total. The molecule has 0 saturated heterocycles. The molecule has 1 heterocycles. The van der Waals surface area contributed by atoms with Crippen LogP contribution in [0.1, 0.15) is 12.5 Å². The van der Waals surface area contributed by atoms with Crippen molar-refractivity contribution >= 4 is 45.0 Å². The number of aromatic hydroxyl groups is 1. The molecule has 0 fully saturated rings. The summed E-state index contributed by atoms with van der Waals surface area (Å²) >= 11 is 3.34. The van der Waals surface area contributed by atoms with E-state index in [4.69, 9.17) is 4.74 Å². The molecule has 0 bridgehead atoms. The first-order chi connectivity index (χ1) is 12.8. The number of carbonyl (C=O) groups is 1. The number of hydrogen-bond donors (Lipinski definition) is 1. The first kappa shape index (κ1) is 18.6. The Morgan fingerprint density at radius 1 is 1.30 bits per heavy atom. The van der Waals surface area contributed by atoms with Crippen molar-refractivity contribution in [3.05, 3.63) is 62.1 Å². The van der Waals surface area contributed by atoms with Crippen molar-refractivity contribution in [2.45, 2.75) is 6.92 Å². The second-order valence-corrected chi connectivity index (χ2v) is 6.60. The van der Waals surface area contributed by atoms with E-state index < -0.39 is 16.4 Å². The van der Waals surface area contributed by atoms with Gasteiger partial charge in [0, 0.05) is 10.5 Å². The van der Waals surface area contributed by atoms with Gasteiger partial charge in [-0.1, -0.05) is 15.9 Å². The van der Waals surface area contributed by atoms with Crippen LogP contribution in [0.15, 0.2) is 51.5 Å². The molecular weight excluding hydrogens is 418 g/mol. The second kappa shape index (κ2) is 7.20. The molecule has 9 heteroatoms. The average Bonchev–Trinajstić information content (AvgIpc) is 2.91. The van der Waals surface area contributed by atoms with E-state index in [-0.39, 0.29) is 11.7 Å². The lowest BCUT2D eigenvalue weighted by atomic mass is 10.1. The number of nitro benzene ring substituents is 1.